The van der Waals surface area contributed by atoms with Gasteiger partial charge in [-0.1, -0.05) is 57.2 Å². The molecular weight excluding hydrogens is 384 g/mol. The fourth-order valence-electron chi connectivity index (χ4n) is 3.04. The van der Waals surface area contributed by atoms with E-state index in [0.29, 0.717) is 11.6 Å². The normalized spacial score (nSPS) is 10.9. The molecule has 3 rings (SSSR count). The predicted molar refractivity (Wildman–Crippen MR) is 115 cm³/mol. The summed E-state index contributed by atoms with van der Waals surface area (Å²) < 4.78 is 5.61. The van der Waals surface area contributed by atoms with Gasteiger partial charge in [0.1, 0.15) is 18.9 Å². The van der Waals surface area contributed by atoms with E-state index in [9.17, 15) is 4.79 Å². The number of hydrogen-bond acceptors (Lipinski definition) is 6. The van der Waals surface area contributed by atoms with Crippen LogP contribution in [0.25, 0.3) is 10.7 Å². The third-order valence-electron chi connectivity index (χ3n) is 4.65. The smallest absolute Gasteiger partial charge is 0.214 e. The van der Waals surface area contributed by atoms with Gasteiger partial charge in [-0.3, -0.25) is 4.79 Å². The molecule has 0 fully saturated rings. The lowest BCUT2D eigenvalue weighted by Crippen LogP contribution is -2.19. The van der Waals surface area contributed by atoms with E-state index >= 15 is 0 Å². The summed E-state index contributed by atoms with van der Waals surface area (Å²) in [6.07, 6.45) is 8.90. The lowest BCUT2D eigenvalue weighted by Gasteiger charge is -2.07. The van der Waals surface area contributed by atoms with Crippen molar-refractivity contribution in [1.29, 1.82) is 0 Å². The van der Waals surface area contributed by atoms with E-state index in [0.717, 1.165) is 11.3 Å². The number of benzene rings is 1. The van der Waals surface area contributed by atoms with Gasteiger partial charge in [-0.05, 0) is 47.2 Å². The number of unbranched alkanes of at least 4 members (excludes halogenated alkanes) is 5. The number of carbonyl (C=O) groups excluding carboxylic acids is 1. The second kappa shape index (κ2) is 11.5. The van der Waals surface area contributed by atoms with Gasteiger partial charge in [0, 0.05) is 0 Å². The van der Waals surface area contributed by atoms with Gasteiger partial charge < -0.3 is 4.74 Å². The summed E-state index contributed by atoms with van der Waals surface area (Å²) in [5, 5.41) is 14.1. The Labute approximate surface area is 175 Å². The van der Waals surface area contributed by atoms with Crippen molar-refractivity contribution in [1.82, 2.24) is 20.2 Å². The van der Waals surface area contributed by atoms with Gasteiger partial charge in [0.15, 0.2) is 5.78 Å². The fraction of sp³-hybridized carbons (Fsp3) is 0.455. The molecule has 0 aliphatic heterocycles. The lowest BCUT2D eigenvalue weighted by atomic mass is 10.0. The second-order valence-electron chi connectivity index (χ2n) is 7.11. The van der Waals surface area contributed by atoms with E-state index in [-0.39, 0.29) is 18.9 Å². The van der Waals surface area contributed by atoms with Crippen molar-refractivity contribution in [2.45, 2.75) is 58.4 Å². The SMILES string of the molecule is CCCCCCCCc1ccc(OCC(=O)Cn2nnc(-c3cccs3)n2)cc1. The molecule has 2 aromatic heterocycles. The van der Waals surface area contributed by atoms with Crippen molar-refractivity contribution >= 4 is 17.1 Å². The molecule has 0 N–H and O–H groups in total. The van der Waals surface area contributed by atoms with Crippen LogP contribution in [0.1, 0.15) is 51.0 Å². The minimum atomic E-state index is -0.101. The zero-order chi connectivity index (χ0) is 20.3. The molecule has 1 aromatic carbocycles. The Bertz CT molecular complexity index is 859. The van der Waals surface area contributed by atoms with Gasteiger partial charge in [-0.15, -0.1) is 21.5 Å². The summed E-state index contributed by atoms with van der Waals surface area (Å²) in [5.41, 5.74) is 1.31. The van der Waals surface area contributed by atoms with Crippen molar-refractivity contribution in [2.75, 3.05) is 6.61 Å². The van der Waals surface area contributed by atoms with E-state index in [1.54, 1.807) is 0 Å². The number of hydrogen-bond donors (Lipinski definition) is 0. The first-order chi connectivity index (χ1) is 14.2. The van der Waals surface area contributed by atoms with Crippen molar-refractivity contribution < 1.29 is 9.53 Å². The van der Waals surface area contributed by atoms with Crippen molar-refractivity contribution in [3.63, 3.8) is 0 Å². The lowest BCUT2D eigenvalue weighted by molar-refractivity contribution is -0.122. The molecule has 0 aliphatic rings. The molecule has 0 radical (unpaired) electrons. The second-order valence-corrected chi connectivity index (χ2v) is 8.06. The predicted octanol–water partition coefficient (Wildman–Crippen LogP) is 4.95. The van der Waals surface area contributed by atoms with Crippen LogP contribution in [0.3, 0.4) is 0 Å². The number of ketones is 1. The zero-order valence-electron chi connectivity index (χ0n) is 16.9. The minimum Gasteiger partial charge on any atom is -0.486 e. The molecule has 0 spiro atoms. The average molecular weight is 413 g/mol. The van der Waals surface area contributed by atoms with Gasteiger partial charge in [-0.2, -0.15) is 4.80 Å². The summed E-state index contributed by atoms with van der Waals surface area (Å²) in [6.45, 7) is 2.28. The summed E-state index contributed by atoms with van der Waals surface area (Å²) in [5.74, 6) is 1.14. The van der Waals surface area contributed by atoms with E-state index < -0.39 is 0 Å². The van der Waals surface area contributed by atoms with Crippen LogP contribution >= 0.6 is 11.3 Å². The molecule has 0 amide bonds. The summed E-state index contributed by atoms with van der Waals surface area (Å²) in [7, 11) is 0. The molecule has 6 nitrogen and oxygen atoms in total. The number of aryl methyl sites for hydroxylation is 1. The van der Waals surface area contributed by atoms with Gasteiger partial charge in [0.25, 0.3) is 0 Å². The van der Waals surface area contributed by atoms with Crippen LogP contribution in [-0.2, 0) is 17.8 Å². The summed E-state index contributed by atoms with van der Waals surface area (Å²) >= 11 is 1.54. The zero-order valence-corrected chi connectivity index (χ0v) is 17.7. The number of ether oxygens (including phenoxy) is 1. The van der Waals surface area contributed by atoms with Crippen LogP contribution in [0.15, 0.2) is 41.8 Å². The van der Waals surface area contributed by atoms with Crippen LogP contribution in [0.2, 0.25) is 0 Å². The van der Waals surface area contributed by atoms with E-state index in [1.165, 1.54) is 60.2 Å². The Morgan fingerprint density at radius 3 is 2.62 bits per heavy atom. The Balaban J connectivity index is 1.37. The maximum Gasteiger partial charge on any atom is 0.214 e. The van der Waals surface area contributed by atoms with E-state index in [2.05, 4.69) is 34.5 Å². The average Bonchev–Trinajstić information content (AvgIpc) is 3.42. The first-order valence-corrected chi connectivity index (χ1v) is 11.2. The van der Waals surface area contributed by atoms with Crippen LogP contribution in [0, 0.1) is 0 Å². The largest absolute Gasteiger partial charge is 0.486 e. The molecule has 0 unspecified atom stereocenters. The molecule has 3 aromatic rings. The number of rotatable bonds is 13. The minimum absolute atomic E-state index is 0.00729. The third-order valence-corrected chi connectivity index (χ3v) is 5.52. The van der Waals surface area contributed by atoms with Crippen LogP contribution < -0.4 is 4.74 Å². The molecular formula is C22H28N4O2S. The number of nitrogens with zero attached hydrogens (tertiary/aromatic N) is 4. The Morgan fingerprint density at radius 2 is 1.86 bits per heavy atom. The number of thiophene rings is 1. The highest BCUT2D eigenvalue weighted by molar-refractivity contribution is 7.13. The highest BCUT2D eigenvalue weighted by atomic mass is 32.1. The van der Waals surface area contributed by atoms with Crippen molar-refractivity contribution in [3.8, 4) is 16.5 Å². The van der Waals surface area contributed by atoms with Gasteiger partial charge >= 0.3 is 0 Å². The van der Waals surface area contributed by atoms with Crippen LogP contribution in [0.4, 0.5) is 0 Å². The first-order valence-electron chi connectivity index (χ1n) is 10.3. The molecule has 0 saturated heterocycles. The van der Waals surface area contributed by atoms with Crippen molar-refractivity contribution in [3.05, 3.63) is 47.3 Å². The first kappa shape index (κ1) is 21.2. The van der Waals surface area contributed by atoms with Gasteiger partial charge in [0.05, 0.1) is 4.88 Å². The van der Waals surface area contributed by atoms with Crippen molar-refractivity contribution in [2.24, 2.45) is 0 Å². The Kier molecular flexibility index (Phi) is 8.37. The molecule has 2 heterocycles. The van der Waals surface area contributed by atoms with Crippen LogP contribution in [0.5, 0.6) is 5.75 Å². The quantitative estimate of drug-likeness (QED) is 0.371. The number of Topliss-reactive ketones (excluding diaryl/α,β-unsaturated/α-hetero) is 1. The molecule has 29 heavy (non-hydrogen) atoms. The molecule has 0 aliphatic carbocycles. The summed E-state index contributed by atoms with van der Waals surface area (Å²) in [4.78, 5) is 14.4. The molecule has 0 saturated carbocycles. The maximum absolute atomic E-state index is 12.1. The van der Waals surface area contributed by atoms with Crippen LogP contribution in [-0.4, -0.2) is 32.6 Å². The third kappa shape index (κ3) is 7.09. The molecule has 0 bridgehead atoms. The summed E-state index contributed by atoms with van der Waals surface area (Å²) in [6, 6.07) is 11.9. The standard InChI is InChI=1S/C22H28N4O2S/c1-2-3-4-5-6-7-9-18-11-13-20(14-12-18)28-17-19(27)16-26-24-22(23-25-26)21-10-8-15-29-21/h8,10-15H,2-7,9,16-17H2,1H3. The molecule has 154 valence electrons. The highest BCUT2D eigenvalue weighted by Crippen LogP contribution is 2.19. The van der Waals surface area contributed by atoms with Gasteiger partial charge in [0.2, 0.25) is 5.82 Å². The molecule has 7 heteroatoms. The highest BCUT2D eigenvalue weighted by Gasteiger charge is 2.10. The number of tetrazole rings is 1. The monoisotopic (exact) mass is 412 g/mol. The molecule has 0 atom stereocenters. The van der Waals surface area contributed by atoms with E-state index in [1.807, 2.05) is 29.6 Å². The topological polar surface area (TPSA) is 69.9 Å². The number of aromatic nitrogens is 4. The number of carbonyl (C=O) groups is 1. The fourth-order valence-corrected chi connectivity index (χ4v) is 3.69. The Hall–Kier alpha value is -2.54. The maximum atomic E-state index is 12.1. The Morgan fingerprint density at radius 1 is 1.07 bits per heavy atom. The van der Waals surface area contributed by atoms with E-state index in [4.69, 9.17) is 4.74 Å². The van der Waals surface area contributed by atoms with Gasteiger partial charge in [-0.25, -0.2) is 0 Å².